The third-order valence-electron chi connectivity index (χ3n) is 3.37. The Morgan fingerprint density at radius 2 is 1.81 bits per heavy atom. The van der Waals surface area contributed by atoms with Crippen LogP contribution in [0.15, 0.2) is 51.7 Å². The highest BCUT2D eigenvalue weighted by Crippen LogP contribution is 2.42. The fourth-order valence-corrected chi connectivity index (χ4v) is 2.48. The number of benzene rings is 2. The second kappa shape index (κ2) is 6.34. The average molecular weight is 386 g/mol. The number of hydrogen-bond acceptors (Lipinski definition) is 5. The molecule has 0 aliphatic carbocycles. The molecule has 0 amide bonds. The highest BCUT2D eigenvalue weighted by atomic mass is 35.5. The summed E-state index contributed by atoms with van der Waals surface area (Å²) in [5, 5.41) is 10.9. The number of ether oxygens (including phenoxy) is 1. The molecule has 3 aromatic rings. The smallest absolute Gasteiger partial charge is 0.418 e. The molecule has 0 unspecified atom stereocenters. The molecule has 2 aromatic carbocycles. The number of nitro groups is 1. The topological polar surface area (TPSA) is 82.6 Å². The second-order valence-electron chi connectivity index (χ2n) is 5.11. The van der Waals surface area contributed by atoms with E-state index in [0.717, 1.165) is 0 Å². The van der Waals surface area contributed by atoms with E-state index in [0.29, 0.717) is 17.5 Å². The minimum absolute atomic E-state index is 0.0192. The van der Waals surface area contributed by atoms with Crippen molar-refractivity contribution in [3.05, 3.63) is 73.6 Å². The SMILES string of the molecule is O=c1ccc2ccc(Oc3cc(Cl)c(C(F)(F)F)cc3[N+](=O)[O-])cc2o1. The summed E-state index contributed by atoms with van der Waals surface area (Å²) in [5.41, 5.74) is -2.71. The van der Waals surface area contributed by atoms with Crippen LogP contribution in [0, 0.1) is 10.1 Å². The van der Waals surface area contributed by atoms with Gasteiger partial charge in [0.15, 0.2) is 0 Å². The molecule has 1 aromatic heterocycles. The number of rotatable bonds is 3. The third kappa shape index (κ3) is 3.47. The molecule has 0 saturated carbocycles. The molecule has 0 N–H and O–H groups in total. The lowest BCUT2D eigenvalue weighted by molar-refractivity contribution is -0.385. The first-order chi connectivity index (χ1) is 12.1. The Morgan fingerprint density at radius 3 is 2.46 bits per heavy atom. The molecule has 10 heteroatoms. The van der Waals surface area contributed by atoms with Crippen molar-refractivity contribution in [2.75, 3.05) is 0 Å². The molecule has 0 fully saturated rings. The minimum Gasteiger partial charge on any atom is -0.450 e. The Morgan fingerprint density at radius 1 is 1.12 bits per heavy atom. The van der Waals surface area contributed by atoms with Gasteiger partial charge in [-0.15, -0.1) is 0 Å². The zero-order valence-electron chi connectivity index (χ0n) is 12.5. The molecule has 1 heterocycles. The Bertz CT molecular complexity index is 1080. The first-order valence-electron chi connectivity index (χ1n) is 6.92. The van der Waals surface area contributed by atoms with Gasteiger partial charge in [-0.25, -0.2) is 4.79 Å². The first kappa shape index (κ1) is 17.7. The first-order valence-corrected chi connectivity index (χ1v) is 7.30. The summed E-state index contributed by atoms with van der Waals surface area (Å²) in [6.07, 6.45) is -4.85. The number of halogens is 4. The van der Waals surface area contributed by atoms with Gasteiger partial charge in [0.2, 0.25) is 5.75 Å². The normalized spacial score (nSPS) is 11.5. The summed E-state index contributed by atoms with van der Waals surface area (Å²) in [6.45, 7) is 0. The van der Waals surface area contributed by atoms with Gasteiger partial charge < -0.3 is 9.15 Å². The molecule has 0 saturated heterocycles. The maximum absolute atomic E-state index is 12.9. The summed E-state index contributed by atoms with van der Waals surface area (Å²) >= 11 is 5.59. The van der Waals surface area contributed by atoms with Crippen LogP contribution in [0.25, 0.3) is 11.0 Å². The summed E-state index contributed by atoms with van der Waals surface area (Å²) in [7, 11) is 0. The van der Waals surface area contributed by atoms with E-state index in [1.807, 2.05) is 0 Å². The standard InChI is InChI=1S/C16H7ClF3NO5/c17-11-7-14(12(21(23)24)6-10(11)16(18,19)20)25-9-3-1-8-2-4-15(22)26-13(8)5-9/h1-7H. The van der Waals surface area contributed by atoms with Gasteiger partial charge in [0, 0.05) is 29.7 Å². The van der Waals surface area contributed by atoms with E-state index in [2.05, 4.69) is 0 Å². The van der Waals surface area contributed by atoms with Crippen molar-refractivity contribution in [2.24, 2.45) is 0 Å². The molecule has 26 heavy (non-hydrogen) atoms. The maximum Gasteiger partial charge on any atom is 0.418 e. The Balaban J connectivity index is 2.08. The quantitative estimate of drug-likeness (QED) is 0.353. The monoisotopic (exact) mass is 385 g/mol. The lowest BCUT2D eigenvalue weighted by Gasteiger charge is -2.12. The van der Waals surface area contributed by atoms with Crippen LogP contribution < -0.4 is 10.4 Å². The second-order valence-corrected chi connectivity index (χ2v) is 5.52. The Labute approximate surface area is 147 Å². The Hall–Kier alpha value is -3.07. The van der Waals surface area contributed by atoms with E-state index in [4.69, 9.17) is 20.8 Å². The van der Waals surface area contributed by atoms with Crippen LogP contribution in [0.4, 0.5) is 18.9 Å². The van der Waals surface area contributed by atoms with Gasteiger partial charge in [0.1, 0.15) is 11.3 Å². The van der Waals surface area contributed by atoms with E-state index in [-0.39, 0.29) is 11.3 Å². The number of alkyl halides is 3. The lowest BCUT2D eigenvalue weighted by Crippen LogP contribution is -2.07. The van der Waals surface area contributed by atoms with Crippen molar-refractivity contribution >= 4 is 28.3 Å². The van der Waals surface area contributed by atoms with E-state index in [9.17, 15) is 28.1 Å². The molecule has 0 aliphatic rings. The van der Waals surface area contributed by atoms with Crippen molar-refractivity contribution in [3.63, 3.8) is 0 Å². The summed E-state index contributed by atoms with van der Waals surface area (Å²) in [4.78, 5) is 21.4. The van der Waals surface area contributed by atoms with Crippen LogP contribution in [-0.2, 0) is 6.18 Å². The molecule has 134 valence electrons. The number of hydrogen-bond donors (Lipinski definition) is 0. The largest absolute Gasteiger partial charge is 0.450 e. The highest BCUT2D eigenvalue weighted by Gasteiger charge is 2.36. The van der Waals surface area contributed by atoms with Crippen LogP contribution in [0.2, 0.25) is 5.02 Å². The predicted molar refractivity (Wildman–Crippen MR) is 85.7 cm³/mol. The van der Waals surface area contributed by atoms with Crippen LogP contribution in [0.3, 0.4) is 0 Å². The van der Waals surface area contributed by atoms with Crippen LogP contribution in [0.5, 0.6) is 11.5 Å². The molecule has 6 nitrogen and oxygen atoms in total. The maximum atomic E-state index is 12.9. The van der Waals surface area contributed by atoms with Crippen molar-refractivity contribution < 1.29 is 27.2 Å². The van der Waals surface area contributed by atoms with Gasteiger partial charge in [0.25, 0.3) is 0 Å². The molecule has 0 atom stereocenters. The molecular formula is C16H7ClF3NO5. The molecular weight excluding hydrogens is 379 g/mol. The van der Waals surface area contributed by atoms with Gasteiger partial charge in [-0.3, -0.25) is 10.1 Å². The van der Waals surface area contributed by atoms with Crippen LogP contribution in [0.1, 0.15) is 5.56 Å². The van der Waals surface area contributed by atoms with Gasteiger partial charge in [-0.1, -0.05) is 11.6 Å². The highest BCUT2D eigenvalue weighted by molar-refractivity contribution is 6.31. The zero-order valence-corrected chi connectivity index (χ0v) is 13.3. The average Bonchev–Trinajstić information content (AvgIpc) is 2.53. The van der Waals surface area contributed by atoms with Crippen molar-refractivity contribution in [1.82, 2.24) is 0 Å². The lowest BCUT2D eigenvalue weighted by atomic mass is 10.1. The summed E-state index contributed by atoms with van der Waals surface area (Å²) in [6, 6.07) is 7.95. The third-order valence-corrected chi connectivity index (χ3v) is 3.69. The van der Waals surface area contributed by atoms with Crippen LogP contribution >= 0.6 is 11.6 Å². The zero-order chi connectivity index (χ0) is 19.1. The van der Waals surface area contributed by atoms with Crippen molar-refractivity contribution in [2.45, 2.75) is 6.18 Å². The summed E-state index contributed by atoms with van der Waals surface area (Å²) in [5.74, 6) is -0.462. The number of nitro benzene ring substituents is 1. The van der Waals surface area contributed by atoms with E-state index in [1.165, 1.54) is 30.3 Å². The van der Waals surface area contributed by atoms with E-state index < -0.39 is 38.7 Å². The molecule has 0 radical (unpaired) electrons. The van der Waals surface area contributed by atoms with Crippen LogP contribution in [-0.4, -0.2) is 4.92 Å². The fraction of sp³-hybridized carbons (Fsp3) is 0.0625. The van der Waals surface area contributed by atoms with E-state index in [1.54, 1.807) is 0 Å². The van der Waals surface area contributed by atoms with Gasteiger partial charge in [0.05, 0.1) is 15.5 Å². The van der Waals surface area contributed by atoms with Gasteiger partial charge in [-0.05, 0) is 18.2 Å². The Kier molecular flexibility index (Phi) is 4.33. The minimum atomic E-state index is -4.85. The number of fused-ring (bicyclic) bond motifs is 1. The fourth-order valence-electron chi connectivity index (χ4n) is 2.22. The summed E-state index contributed by atoms with van der Waals surface area (Å²) < 4.78 is 48.9. The van der Waals surface area contributed by atoms with Crippen molar-refractivity contribution in [1.29, 1.82) is 0 Å². The number of nitrogens with zero attached hydrogens (tertiary/aromatic N) is 1. The molecule has 0 bridgehead atoms. The van der Waals surface area contributed by atoms with Gasteiger partial charge >= 0.3 is 17.5 Å². The van der Waals surface area contributed by atoms with Gasteiger partial charge in [-0.2, -0.15) is 13.2 Å². The molecule has 0 aliphatic heterocycles. The molecule has 3 rings (SSSR count). The van der Waals surface area contributed by atoms with Crippen molar-refractivity contribution in [3.8, 4) is 11.5 Å². The predicted octanol–water partition coefficient (Wildman–Crippen LogP) is 5.17. The van der Waals surface area contributed by atoms with E-state index >= 15 is 0 Å². The molecule has 0 spiro atoms.